The van der Waals surface area contributed by atoms with E-state index >= 15 is 0 Å². The van der Waals surface area contributed by atoms with Crippen LogP contribution in [0.1, 0.15) is 5.56 Å². The summed E-state index contributed by atoms with van der Waals surface area (Å²) in [6, 6.07) is 14.4. The van der Waals surface area contributed by atoms with Crippen molar-refractivity contribution in [3.63, 3.8) is 0 Å². The molecular weight excluding hydrogens is 561 g/mol. The molecule has 0 fully saturated rings. The van der Waals surface area contributed by atoms with E-state index in [9.17, 15) is 38.4 Å². The topological polar surface area (TPSA) is 54.7 Å². The van der Waals surface area contributed by atoms with E-state index in [-0.39, 0.29) is 5.52 Å². The SMILES string of the molecule is FC(F)(F)c1ccc2nnn(O[P+](n3cccc3)(n3cccc3)n3cccc3)c2c1.F[P-](F)(F)(F)(F)F. The van der Waals surface area contributed by atoms with Crippen LogP contribution in [0, 0.1) is 0 Å². The van der Waals surface area contributed by atoms with Crippen LogP contribution in [0.4, 0.5) is 38.4 Å². The Balaban J connectivity index is 0.000000405. The summed E-state index contributed by atoms with van der Waals surface area (Å²) in [5.74, 6) is 0. The van der Waals surface area contributed by atoms with E-state index in [4.69, 9.17) is 4.62 Å². The summed E-state index contributed by atoms with van der Waals surface area (Å²) in [6.07, 6.45) is 6.56. The van der Waals surface area contributed by atoms with Gasteiger partial charge in [-0.15, -0.1) is 5.10 Å². The van der Waals surface area contributed by atoms with Gasteiger partial charge in [-0.25, -0.2) is 0 Å². The Bertz CT molecular complexity index is 1380. The summed E-state index contributed by atoms with van der Waals surface area (Å²) in [4.78, 5) is 1.07. The molecule has 0 amide bonds. The number of benzene rings is 1. The molecule has 0 saturated carbocycles. The zero-order valence-electron chi connectivity index (χ0n) is 18.0. The summed E-state index contributed by atoms with van der Waals surface area (Å²) in [5.41, 5.74) is -0.372. The van der Waals surface area contributed by atoms with E-state index in [0.717, 1.165) is 17.0 Å². The molecule has 0 radical (unpaired) electrons. The predicted octanol–water partition coefficient (Wildman–Crippen LogP) is 7.99. The van der Waals surface area contributed by atoms with Crippen molar-refractivity contribution in [2.75, 3.05) is 0 Å². The number of alkyl halides is 3. The molecule has 0 aliphatic rings. The third kappa shape index (κ3) is 6.44. The van der Waals surface area contributed by atoms with Gasteiger partial charge in [0, 0.05) is 37.2 Å². The van der Waals surface area contributed by atoms with Crippen LogP contribution in [-0.4, -0.2) is 28.2 Å². The number of nitrogens with zero attached hydrogens (tertiary/aromatic N) is 6. The van der Waals surface area contributed by atoms with E-state index in [2.05, 4.69) is 10.3 Å². The standard InChI is InChI=1S/C19H15F3N6OP.F6P/c20-19(21,22)16-7-8-17-18(15-16)28(24-23-17)29-30(25-9-1-2-10-25,26-11-3-4-12-26)27-13-5-6-14-27;1-7(2,3,4,5)6/h1-15H;/q+1;-1. The molecular formula is C19H15F9N6OP2. The van der Waals surface area contributed by atoms with E-state index in [1.165, 1.54) is 6.07 Å². The summed E-state index contributed by atoms with van der Waals surface area (Å²) < 4.78 is 111. The number of fused-ring (bicyclic) bond motifs is 1. The Morgan fingerprint density at radius 2 is 1.11 bits per heavy atom. The monoisotopic (exact) mass is 576 g/mol. The zero-order chi connectivity index (χ0) is 27.2. The normalized spacial score (nSPS) is 14.5. The second-order valence-corrected chi connectivity index (χ2v) is 11.9. The van der Waals surface area contributed by atoms with Crippen LogP contribution in [0.15, 0.2) is 91.8 Å². The third-order valence-electron chi connectivity index (χ3n) is 4.60. The molecule has 7 nitrogen and oxygen atoms in total. The summed E-state index contributed by atoms with van der Waals surface area (Å²) in [6.45, 7) is 0. The Hall–Kier alpha value is -3.51. The molecule has 4 aromatic heterocycles. The van der Waals surface area contributed by atoms with Gasteiger partial charge in [-0.2, -0.15) is 30.8 Å². The van der Waals surface area contributed by atoms with Gasteiger partial charge < -0.3 is 0 Å². The van der Waals surface area contributed by atoms with Crippen molar-refractivity contribution in [1.82, 2.24) is 28.2 Å². The number of hydrogen-bond acceptors (Lipinski definition) is 3. The Kier molecular flexibility index (Phi) is 5.92. The number of aromatic nitrogens is 6. The van der Waals surface area contributed by atoms with E-state index in [1.54, 1.807) is 0 Å². The first-order valence-electron chi connectivity index (χ1n) is 9.93. The summed E-state index contributed by atoms with van der Waals surface area (Å²) in [7, 11) is -13.6. The number of halogens is 9. The van der Waals surface area contributed by atoms with Crippen LogP contribution in [0.25, 0.3) is 11.0 Å². The fourth-order valence-corrected chi connectivity index (χ4v) is 6.02. The molecule has 5 aromatic rings. The van der Waals surface area contributed by atoms with Crippen LogP contribution < -0.4 is 4.62 Å². The molecule has 0 bridgehead atoms. The van der Waals surface area contributed by atoms with Crippen molar-refractivity contribution in [1.29, 1.82) is 0 Å². The van der Waals surface area contributed by atoms with Gasteiger partial charge in [0.05, 0.1) is 5.56 Å². The van der Waals surface area contributed by atoms with Crippen molar-refractivity contribution in [2.45, 2.75) is 6.18 Å². The van der Waals surface area contributed by atoms with Crippen LogP contribution >= 0.6 is 15.8 Å². The van der Waals surface area contributed by atoms with Gasteiger partial charge in [0.2, 0.25) is 0 Å². The quantitative estimate of drug-likeness (QED) is 0.158. The molecule has 0 aliphatic carbocycles. The second kappa shape index (κ2) is 8.25. The molecule has 200 valence electrons. The van der Waals surface area contributed by atoms with Crippen molar-refractivity contribution in [3.8, 4) is 0 Å². The summed E-state index contributed by atoms with van der Waals surface area (Å²) >= 11 is 0. The molecule has 18 heteroatoms. The van der Waals surface area contributed by atoms with Crippen molar-refractivity contribution in [3.05, 3.63) is 97.3 Å². The first-order valence-corrected chi connectivity index (χ1v) is 13.5. The molecule has 1 aromatic carbocycles. The summed E-state index contributed by atoms with van der Waals surface area (Å²) in [5, 5.41) is 7.98. The molecule has 0 unspecified atom stereocenters. The van der Waals surface area contributed by atoms with Crippen molar-refractivity contribution < 1.29 is 43.0 Å². The first-order chi connectivity index (χ1) is 16.9. The Labute approximate surface area is 202 Å². The average Bonchev–Trinajstić information content (AvgIpc) is 3.57. The zero-order valence-corrected chi connectivity index (χ0v) is 19.8. The second-order valence-electron chi connectivity index (χ2n) is 7.41. The van der Waals surface area contributed by atoms with Gasteiger partial charge in [-0.1, -0.05) is 0 Å². The van der Waals surface area contributed by atoms with Crippen molar-refractivity contribution in [2.24, 2.45) is 0 Å². The molecule has 0 atom stereocenters. The van der Waals surface area contributed by atoms with E-state index in [0.29, 0.717) is 5.52 Å². The number of hydrogen-bond donors (Lipinski definition) is 0. The van der Waals surface area contributed by atoms with Gasteiger partial charge in [0.25, 0.3) is 0 Å². The fraction of sp³-hybridized carbons (Fsp3) is 0.0526. The van der Waals surface area contributed by atoms with Crippen LogP contribution in [0.2, 0.25) is 0 Å². The average molecular weight is 576 g/mol. The van der Waals surface area contributed by atoms with Gasteiger partial charge >= 0.3 is 47.1 Å². The van der Waals surface area contributed by atoms with E-state index < -0.39 is 27.5 Å². The van der Waals surface area contributed by atoms with Crippen LogP contribution in [0.5, 0.6) is 0 Å². The molecule has 5 rings (SSSR count). The molecule has 0 aliphatic heterocycles. The molecule has 37 heavy (non-hydrogen) atoms. The third-order valence-corrected chi connectivity index (χ3v) is 7.58. The predicted molar refractivity (Wildman–Crippen MR) is 119 cm³/mol. The van der Waals surface area contributed by atoms with Crippen LogP contribution in [-0.2, 0) is 6.18 Å². The Morgan fingerprint density at radius 1 is 0.703 bits per heavy atom. The first kappa shape index (κ1) is 26.6. The number of rotatable bonds is 5. The van der Waals surface area contributed by atoms with E-state index in [1.807, 2.05) is 86.6 Å². The Morgan fingerprint density at radius 3 is 1.49 bits per heavy atom. The molecule has 4 heterocycles. The molecule has 0 spiro atoms. The van der Waals surface area contributed by atoms with Gasteiger partial charge in [-0.05, 0) is 64.7 Å². The molecule has 0 saturated heterocycles. The van der Waals surface area contributed by atoms with Crippen molar-refractivity contribution >= 4 is 26.8 Å². The van der Waals surface area contributed by atoms with Gasteiger partial charge in [0.15, 0.2) is 0 Å². The van der Waals surface area contributed by atoms with Gasteiger partial charge in [0.1, 0.15) is 11.0 Å². The maximum atomic E-state index is 13.3. The van der Waals surface area contributed by atoms with Gasteiger partial charge in [-0.3, -0.25) is 0 Å². The minimum absolute atomic E-state index is 0.126. The molecule has 0 N–H and O–H groups in total. The van der Waals surface area contributed by atoms with Crippen LogP contribution in [0.3, 0.4) is 0 Å². The minimum atomic E-state index is -10.7. The maximum absolute atomic E-state index is 13.3. The fourth-order valence-electron chi connectivity index (χ4n) is 3.22.